The first kappa shape index (κ1) is 18.2. The monoisotopic (exact) mass is 310 g/mol. The van der Waals surface area contributed by atoms with Gasteiger partial charge in [0.2, 0.25) is 11.9 Å². The molecule has 0 aromatic carbocycles. The Labute approximate surface area is 132 Å². The van der Waals surface area contributed by atoms with E-state index in [2.05, 4.69) is 11.9 Å². The minimum atomic E-state index is -0.633. The molecular weight excluding hydrogens is 284 g/mol. The number of nitro groups is 1. The summed E-state index contributed by atoms with van der Waals surface area (Å²) in [5.74, 6) is 1.15. The zero-order valence-electron chi connectivity index (χ0n) is 13.9. The molecule has 1 atom stereocenters. The van der Waals surface area contributed by atoms with Crippen molar-refractivity contribution in [3.05, 3.63) is 27.4 Å². The maximum Gasteiger partial charge on any atom is 0.217 e. The molecule has 0 saturated heterocycles. The fraction of sp³-hybridized carbons (Fsp3) is 0.688. The molecule has 0 aliphatic carbocycles. The van der Waals surface area contributed by atoms with Crippen molar-refractivity contribution in [2.45, 2.75) is 58.4 Å². The zero-order valence-corrected chi connectivity index (χ0v) is 13.9. The lowest BCUT2D eigenvalue weighted by Gasteiger charge is -2.15. The van der Waals surface area contributed by atoms with Gasteiger partial charge in [-0.1, -0.05) is 26.7 Å². The van der Waals surface area contributed by atoms with Gasteiger partial charge < -0.3 is 9.47 Å². The lowest BCUT2D eigenvalue weighted by atomic mass is 10.0. The van der Waals surface area contributed by atoms with Crippen molar-refractivity contribution in [2.24, 2.45) is 0 Å². The molecule has 22 heavy (non-hydrogen) atoms. The highest BCUT2D eigenvalue weighted by molar-refractivity contribution is 5.39. The van der Waals surface area contributed by atoms with Gasteiger partial charge in [0.15, 0.2) is 0 Å². The van der Waals surface area contributed by atoms with Crippen LogP contribution in [0.3, 0.4) is 0 Å². The van der Waals surface area contributed by atoms with Crippen molar-refractivity contribution in [2.75, 3.05) is 14.2 Å². The van der Waals surface area contributed by atoms with Crippen molar-refractivity contribution in [1.82, 2.24) is 4.98 Å². The van der Waals surface area contributed by atoms with Crippen LogP contribution in [0.5, 0.6) is 11.6 Å². The molecule has 1 rings (SSSR count). The number of unbranched alkanes of at least 4 members (excludes halogenated alkanes) is 2. The Kier molecular flexibility index (Phi) is 7.63. The summed E-state index contributed by atoms with van der Waals surface area (Å²) in [5, 5.41) is 11.0. The number of hydrogen-bond donors (Lipinski definition) is 0. The van der Waals surface area contributed by atoms with Crippen LogP contribution in [0.1, 0.15) is 50.8 Å². The minimum absolute atomic E-state index is 0.249. The van der Waals surface area contributed by atoms with E-state index >= 15 is 0 Å². The molecule has 124 valence electrons. The van der Waals surface area contributed by atoms with Crippen molar-refractivity contribution < 1.29 is 14.4 Å². The standard InChI is InChI=1S/C16H26N2O4/c1-5-7-8-9-14-15(21-3)11-12(16(17-14)22-4)10-13(6-2)18(19)20/h11,13H,5-10H2,1-4H3. The number of aryl methyl sites for hydroxylation is 1. The van der Waals surface area contributed by atoms with Crippen LogP contribution in [0.4, 0.5) is 0 Å². The third kappa shape index (κ3) is 4.86. The van der Waals surface area contributed by atoms with Crippen LogP contribution >= 0.6 is 0 Å². The molecule has 0 bridgehead atoms. The minimum Gasteiger partial charge on any atom is -0.495 e. The van der Waals surface area contributed by atoms with E-state index in [1.54, 1.807) is 14.2 Å². The predicted molar refractivity (Wildman–Crippen MR) is 85.3 cm³/mol. The summed E-state index contributed by atoms with van der Waals surface area (Å²) in [5.41, 5.74) is 1.58. The van der Waals surface area contributed by atoms with Gasteiger partial charge in [0.05, 0.1) is 19.9 Å². The van der Waals surface area contributed by atoms with E-state index in [9.17, 15) is 10.1 Å². The average molecular weight is 310 g/mol. The molecule has 1 aromatic heterocycles. The molecule has 0 saturated carbocycles. The zero-order chi connectivity index (χ0) is 16.5. The number of methoxy groups -OCH3 is 2. The molecule has 0 fully saturated rings. The van der Waals surface area contributed by atoms with Crippen LogP contribution < -0.4 is 9.47 Å². The summed E-state index contributed by atoms with van der Waals surface area (Å²) in [6, 6.07) is 1.20. The first-order valence-electron chi connectivity index (χ1n) is 7.81. The molecule has 0 N–H and O–H groups in total. The van der Waals surface area contributed by atoms with Gasteiger partial charge in [-0.2, -0.15) is 0 Å². The summed E-state index contributed by atoms with van der Waals surface area (Å²) in [7, 11) is 3.14. The number of nitrogens with zero attached hydrogens (tertiary/aromatic N) is 2. The molecule has 0 radical (unpaired) electrons. The van der Waals surface area contributed by atoms with E-state index in [0.717, 1.165) is 36.9 Å². The van der Waals surface area contributed by atoms with Crippen LogP contribution in [0.15, 0.2) is 6.07 Å². The second kappa shape index (κ2) is 9.23. The maximum atomic E-state index is 11.0. The Morgan fingerprint density at radius 2 is 2.00 bits per heavy atom. The van der Waals surface area contributed by atoms with Gasteiger partial charge in [-0.05, 0) is 18.9 Å². The average Bonchev–Trinajstić information content (AvgIpc) is 2.52. The SMILES string of the molecule is CCCCCc1nc(OC)c(CC(CC)[N+](=O)[O-])cc1OC. The molecule has 6 nitrogen and oxygen atoms in total. The molecule has 6 heteroatoms. The number of ether oxygens (including phenoxy) is 2. The van der Waals surface area contributed by atoms with Gasteiger partial charge in [-0.25, -0.2) is 4.98 Å². The highest BCUT2D eigenvalue weighted by atomic mass is 16.6. The van der Waals surface area contributed by atoms with Crippen molar-refractivity contribution in [3.63, 3.8) is 0 Å². The van der Waals surface area contributed by atoms with Gasteiger partial charge in [-0.3, -0.25) is 10.1 Å². The fourth-order valence-corrected chi connectivity index (χ4v) is 2.40. The van der Waals surface area contributed by atoms with Gasteiger partial charge in [0, 0.05) is 23.3 Å². The molecule has 1 unspecified atom stereocenters. The Balaban J connectivity index is 3.04. The summed E-state index contributed by atoms with van der Waals surface area (Å²) in [6.07, 6.45) is 4.89. The first-order chi connectivity index (χ1) is 10.6. The van der Waals surface area contributed by atoms with E-state index in [4.69, 9.17) is 9.47 Å². The third-order valence-electron chi connectivity index (χ3n) is 3.76. The normalized spacial score (nSPS) is 12.0. The van der Waals surface area contributed by atoms with Gasteiger partial charge >= 0.3 is 0 Å². The number of hydrogen-bond acceptors (Lipinski definition) is 5. The summed E-state index contributed by atoms with van der Waals surface area (Å²) in [6.45, 7) is 3.96. The van der Waals surface area contributed by atoms with Gasteiger partial charge in [-0.15, -0.1) is 0 Å². The Hall–Kier alpha value is -1.85. The highest BCUT2D eigenvalue weighted by Gasteiger charge is 2.22. The fourth-order valence-electron chi connectivity index (χ4n) is 2.40. The molecule has 0 amide bonds. The second-order valence-electron chi connectivity index (χ2n) is 5.31. The molecule has 1 heterocycles. The largest absolute Gasteiger partial charge is 0.495 e. The van der Waals surface area contributed by atoms with Crippen LogP contribution in [-0.2, 0) is 12.8 Å². The first-order valence-corrected chi connectivity index (χ1v) is 7.81. The summed E-state index contributed by atoms with van der Waals surface area (Å²) >= 11 is 0. The molecule has 1 aromatic rings. The van der Waals surface area contributed by atoms with Gasteiger partial charge in [0.25, 0.3) is 0 Å². The quantitative estimate of drug-likeness (QED) is 0.376. The molecule has 0 aliphatic heterocycles. The Bertz CT molecular complexity index is 491. The smallest absolute Gasteiger partial charge is 0.217 e. The summed E-state index contributed by atoms with van der Waals surface area (Å²) < 4.78 is 10.7. The third-order valence-corrected chi connectivity index (χ3v) is 3.76. The Morgan fingerprint density at radius 3 is 2.50 bits per heavy atom. The number of pyridine rings is 1. The molecule has 0 aliphatic rings. The van der Waals surface area contributed by atoms with E-state index in [1.165, 1.54) is 0 Å². The number of aromatic nitrogens is 1. The maximum absolute atomic E-state index is 11.0. The lowest BCUT2D eigenvalue weighted by molar-refractivity contribution is -0.522. The summed E-state index contributed by atoms with van der Waals surface area (Å²) in [4.78, 5) is 15.3. The molecular formula is C16H26N2O4. The van der Waals surface area contributed by atoms with Crippen molar-refractivity contribution in [1.29, 1.82) is 0 Å². The predicted octanol–water partition coefficient (Wildman–Crippen LogP) is 3.43. The van der Waals surface area contributed by atoms with Crippen LogP contribution in [0, 0.1) is 10.1 Å². The molecule has 0 spiro atoms. The van der Waals surface area contributed by atoms with Crippen LogP contribution in [0.2, 0.25) is 0 Å². The van der Waals surface area contributed by atoms with E-state index < -0.39 is 6.04 Å². The lowest BCUT2D eigenvalue weighted by Crippen LogP contribution is -2.21. The van der Waals surface area contributed by atoms with Crippen molar-refractivity contribution >= 4 is 0 Å². The van der Waals surface area contributed by atoms with Crippen molar-refractivity contribution in [3.8, 4) is 11.6 Å². The Morgan fingerprint density at radius 1 is 1.27 bits per heavy atom. The topological polar surface area (TPSA) is 74.5 Å². The highest BCUT2D eigenvalue weighted by Crippen LogP contribution is 2.28. The number of rotatable bonds is 10. The van der Waals surface area contributed by atoms with E-state index in [0.29, 0.717) is 24.5 Å². The van der Waals surface area contributed by atoms with E-state index in [-0.39, 0.29) is 4.92 Å². The van der Waals surface area contributed by atoms with E-state index in [1.807, 2.05) is 13.0 Å². The van der Waals surface area contributed by atoms with Crippen LogP contribution in [0.25, 0.3) is 0 Å². The van der Waals surface area contributed by atoms with Gasteiger partial charge in [0.1, 0.15) is 5.75 Å². The van der Waals surface area contributed by atoms with Crippen LogP contribution in [-0.4, -0.2) is 30.2 Å². The second-order valence-corrected chi connectivity index (χ2v) is 5.31.